The molecule has 37 heavy (non-hydrogen) atoms. The van der Waals surface area contributed by atoms with Crippen LogP contribution in [0, 0.1) is 0 Å². The van der Waals surface area contributed by atoms with Gasteiger partial charge < -0.3 is 28.3 Å². The monoisotopic (exact) mass is 542 g/mol. The summed E-state index contributed by atoms with van der Waals surface area (Å²) < 4.78 is 21.8. The predicted molar refractivity (Wildman–Crippen MR) is 151 cm³/mol. The maximum atomic E-state index is 11.5. The molecule has 0 heterocycles. The lowest BCUT2D eigenvalue weighted by Crippen LogP contribution is -3.06. The SMILES string of the molecule is CCCCCCCCCCCCCCc1cccc(OCC(COP(O)OCC[NH+](C)C)OC(C)=O)c1. The van der Waals surface area contributed by atoms with Crippen molar-refractivity contribution < 1.29 is 33.1 Å². The van der Waals surface area contributed by atoms with E-state index in [2.05, 4.69) is 19.1 Å². The van der Waals surface area contributed by atoms with E-state index in [1.54, 1.807) is 0 Å². The second kappa shape index (κ2) is 22.7. The molecular weight excluding hydrogens is 489 g/mol. The smallest absolute Gasteiger partial charge is 0.330 e. The Labute approximate surface area is 227 Å². The molecule has 2 unspecified atom stereocenters. The summed E-state index contributed by atoms with van der Waals surface area (Å²) in [4.78, 5) is 22.6. The van der Waals surface area contributed by atoms with Crippen LogP contribution in [0.25, 0.3) is 0 Å². The normalized spacial score (nSPS) is 13.0. The lowest BCUT2D eigenvalue weighted by atomic mass is 10.0. The molecule has 0 bridgehead atoms. The van der Waals surface area contributed by atoms with Crippen LogP contribution in [0.15, 0.2) is 24.3 Å². The van der Waals surface area contributed by atoms with Crippen LogP contribution in [0.5, 0.6) is 5.75 Å². The minimum Gasteiger partial charge on any atom is -0.490 e. The number of aryl methyl sites for hydroxylation is 1. The van der Waals surface area contributed by atoms with Crippen molar-refractivity contribution >= 4 is 14.6 Å². The molecule has 0 aliphatic carbocycles. The van der Waals surface area contributed by atoms with Gasteiger partial charge in [0.1, 0.15) is 25.5 Å². The fraction of sp³-hybridized carbons (Fsp3) is 0.759. The number of benzene rings is 1. The van der Waals surface area contributed by atoms with Crippen LogP contribution >= 0.6 is 8.60 Å². The summed E-state index contributed by atoms with van der Waals surface area (Å²) in [5.41, 5.74) is 1.25. The third-order valence-electron chi connectivity index (χ3n) is 6.16. The van der Waals surface area contributed by atoms with E-state index in [-0.39, 0.29) is 13.2 Å². The third-order valence-corrected chi connectivity index (χ3v) is 6.93. The van der Waals surface area contributed by atoms with Gasteiger partial charge in [0.2, 0.25) is 0 Å². The van der Waals surface area contributed by atoms with Crippen LogP contribution in [0.1, 0.15) is 96.5 Å². The summed E-state index contributed by atoms with van der Waals surface area (Å²) in [6.45, 7) is 4.92. The Kier molecular flexibility index (Phi) is 20.7. The van der Waals surface area contributed by atoms with E-state index in [1.165, 1.54) is 94.4 Å². The van der Waals surface area contributed by atoms with E-state index < -0.39 is 20.7 Å². The molecule has 0 saturated heterocycles. The molecule has 2 atom stereocenters. The Balaban J connectivity index is 2.25. The zero-order valence-electron chi connectivity index (χ0n) is 23.8. The zero-order valence-corrected chi connectivity index (χ0v) is 24.7. The highest BCUT2D eigenvalue weighted by molar-refractivity contribution is 7.40. The van der Waals surface area contributed by atoms with Gasteiger partial charge in [0, 0.05) is 6.92 Å². The molecule has 1 rings (SSSR count). The number of nitrogens with one attached hydrogen (secondary N) is 1. The summed E-state index contributed by atoms with van der Waals surface area (Å²) in [7, 11) is 1.99. The van der Waals surface area contributed by atoms with E-state index in [0.29, 0.717) is 6.61 Å². The summed E-state index contributed by atoms with van der Waals surface area (Å²) >= 11 is 0. The van der Waals surface area contributed by atoms with Gasteiger partial charge in [-0.3, -0.25) is 4.79 Å². The second-order valence-corrected chi connectivity index (χ2v) is 11.1. The highest BCUT2D eigenvalue weighted by Gasteiger charge is 2.18. The molecule has 1 aromatic carbocycles. The molecule has 8 heteroatoms. The topological polar surface area (TPSA) is 78.7 Å². The number of ether oxygens (including phenoxy) is 2. The molecule has 0 aliphatic heterocycles. The molecule has 0 aliphatic rings. The Bertz CT molecular complexity index is 690. The van der Waals surface area contributed by atoms with Crippen molar-refractivity contribution in [3.63, 3.8) is 0 Å². The molecule has 2 N–H and O–H groups in total. The summed E-state index contributed by atoms with van der Waals surface area (Å²) in [5.74, 6) is 0.322. The highest BCUT2D eigenvalue weighted by Crippen LogP contribution is 2.32. The van der Waals surface area contributed by atoms with Gasteiger partial charge in [0.25, 0.3) is 0 Å². The number of likely N-dealkylation sites (N-methyl/N-ethyl adjacent to an activating group) is 1. The van der Waals surface area contributed by atoms with Crippen LogP contribution < -0.4 is 9.64 Å². The Morgan fingerprint density at radius 1 is 0.919 bits per heavy atom. The quantitative estimate of drug-likeness (QED) is 0.100. The van der Waals surface area contributed by atoms with Crippen molar-refractivity contribution in [3.8, 4) is 5.75 Å². The van der Waals surface area contributed by atoms with Gasteiger partial charge >= 0.3 is 14.6 Å². The molecule has 214 valence electrons. The van der Waals surface area contributed by atoms with E-state index in [9.17, 15) is 9.69 Å². The number of hydrogen-bond donors (Lipinski definition) is 2. The maximum Gasteiger partial charge on any atom is 0.330 e. The Morgan fingerprint density at radius 2 is 1.54 bits per heavy atom. The van der Waals surface area contributed by atoms with Gasteiger partial charge in [-0.25, -0.2) is 0 Å². The molecule has 0 fully saturated rings. The molecule has 0 aromatic heterocycles. The molecule has 7 nitrogen and oxygen atoms in total. The van der Waals surface area contributed by atoms with Gasteiger partial charge in [-0.05, 0) is 30.5 Å². The predicted octanol–water partition coefficient (Wildman–Crippen LogP) is 5.64. The number of carbonyl (C=O) groups excluding carboxylic acids is 1. The van der Waals surface area contributed by atoms with Crippen LogP contribution in [-0.2, 0) is 25.0 Å². The van der Waals surface area contributed by atoms with Gasteiger partial charge in [-0.15, -0.1) is 0 Å². The first-order valence-corrected chi connectivity index (χ1v) is 15.5. The molecule has 0 radical (unpaired) electrons. The lowest BCUT2D eigenvalue weighted by molar-refractivity contribution is -0.858. The highest BCUT2D eigenvalue weighted by atomic mass is 31.2. The van der Waals surface area contributed by atoms with Crippen LogP contribution in [0.4, 0.5) is 0 Å². The largest absolute Gasteiger partial charge is 0.490 e. The first kappa shape index (κ1) is 33.8. The Hall–Kier alpha value is -1.24. The first-order chi connectivity index (χ1) is 17.9. The zero-order chi connectivity index (χ0) is 27.1. The van der Waals surface area contributed by atoms with E-state index in [4.69, 9.17) is 18.5 Å². The van der Waals surface area contributed by atoms with Crippen molar-refractivity contribution in [1.82, 2.24) is 0 Å². The number of rotatable bonds is 24. The Morgan fingerprint density at radius 3 is 2.14 bits per heavy atom. The molecule has 0 spiro atoms. The van der Waals surface area contributed by atoms with Crippen molar-refractivity contribution in [3.05, 3.63) is 29.8 Å². The van der Waals surface area contributed by atoms with Gasteiger partial charge in [0.05, 0.1) is 20.7 Å². The number of carbonyl (C=O) groups is 1. The number of unbranched alkanes of at least 4 members (excludes halogenated alkanes) is 11. The standard InChI is InChI=1S/C29H52NO6P/c1-5-6-7-8-9-10-11-12-13-14-15-16-18-27-19-17-20-28(23-27)33-24-29(36-26(2)31)25-35-37(32)34-22-21-30(3)4/h17,19-20,23,29,32H,5-16,18,21-22,24-25H2,1-4H3/p+1. The van der Waals surface area contributed by atoms with E-state index in [0.717, 1.165) is 18.7 Å². The summed E-state index contributed by atoms with van der Waals surface area (Å²) in [6, 6.07) is 8.08. The van der Waals surface area contributed by atoms with E-state index in [1.807, 2.05) is 26.2 Å². The number of quaternary nitrogens is 1. The van der Waals surface area contributed by atoms with Crippen LogP contribution in [0.2, 0.25) is 0 Å². The number of hydrogen-bond acceptors (Lipinski definition) is 6. The molecular formula is C29H53NO6P+. The van der Waals surface area contributed by atoms with Gasteiger partial charge in [-0.2, -0.15) is 0 Å². The molecule has 1 aromatic rings. The fourth-order valence-corrected chi connectivity index (χ4v) is 4.63. The third kappa shape index (κ3) is 20.4. The maximum absolute atomic E-state index is 11.5. The van der Waals surface area contributed by atoms with Crippen molar-refractivity contribution in [2.75, 3.05) is 40.5 Å². The lowest BCUT2D eigenvalue weighted by Gasteiger charge is -2.19. The van der Waals surface area contributed by atoms with Gasteiger partial charge in [0.15, 0.2) is 6.10 Å². The molecule has 0 saturated carbocycles. The summed E-state index contributed by atoms with van der Waals surface area (Å²) in [6.07, 6.45) is 16.6. The van der Waals surface area contributed by atoms with Crippen molar-refractivity contribution in [2.45, 2.75) is 103 Å². The van der Waals surface area contributed by atoms with E-state index >= 15 is 0 Å². The average Bonchev–Trinajstić information content (AvgIpc) is 2.86. The number of esters is 1. The van der Waals surface area contributed by atoms with Gasteiger partial charge in [-0.1, -0.05) is 89.7 Å². The van der Waals surface area contributed by atoms with Crippen LogP contribution in [-0.4, -0.2) is 57.4 Å². The van der Waals surface area contributed by atoms with Crippen molar-refractivity contribution in [2.24, 2.45) is 0 Å². The first-order valence-electron chi connectivity index (χ1n) is 14.3. The van der Waals surface area contributed by atoms with Crippen LogP contribution in [0.3, 0.4) is 0 Å². The minimum atomic E-state index is -2.02. The average molecular weight is 543 g/mol. The minimum absolute atomic E-state index is 0.00908. The summed E-state index contributed by atoms with van der Waals surface area (Å²) in [5, 5.41) is 0. The second-order valence-electron chi connectivity index (χ2n) is 10.2. The van der Waals surface area contributed by atoms with Crippen molar-refractivity contribution in [1.29, 1.82) is 0 Å². The molecule has 0 amide bonds. The fourth-order valence-electron chi connectivity index (χ4n) is 4.01.